The smallest absolute Gasteiger partial charge is 0.161 e. The van der Waals surface area contributed by atoms with Crippen LogP contribution < -0.4 is 9.47 Å². The van der Waals surface area contributed by atoms with Crippen LogP contribution >= 0.6 is 0 Å². The summed E-state index contributed by atoms with van der Waals surface area (Å²) in [4.78, 5) is 0. The molecule has 0 aliphatic heterocycles. The van der Waals surface area contributed by atoms with Gasteiger partial charge in [0.05, 0.1) is 25.9 Å². The van der Waals surface area contributed by atoms with Crippen molar-refractivity contribution in [3.8, 4) is 11.5 Å². The number of methoxy groups -OCH3 is 1. The van der Waals surface area contributed by atoms with Gasteiger partial charge in [-0.3, -0.25) is 0 Å². The summed E-state index contributed by atoms with van der Waals surface area (Å²) < 4.78 is 11.0. The summed E-state index contributed by atoms with van der Waals surface area (Å²) in [6, 6.07) is 5.84. The fraction of sp³-hybridized carbons (Fsp3) is 0.647. The van der Waals surface area contributed by atoms with Crippen LogP contribution in [-0.4, -0.2) is 36.1 Å². The summed E-state index contributed by atoms with van der Waals surface area (Å²) >= 11 is 0. The van der Waals surface area contributed by atoms with Gasteiger partial charge in [-0.2, -0.15) is 0 Å². The van der Waals surface area contributed by atoms with Crippen LogP contribution in [0.2, 0.25) is 0 Å². The largest absolute Gasteiger partial charge is 0.493 e. The third-order valence-corrected chi connectivity index (χ3v) is 3.68. The molecule has 0 bridgehead atoms. The van der Waals surface area contributed by atoms with Crippen LogP contribution in [-0.2, 0) is 0 Å². The van der Waals surface area contributed by atoms with Gasteiger partial charge in [-0.05, 0) is 42.9 Å². The second kappa shape index (κ2) is 8.90. The van der Waals surface area contributed by atoms with E-state index in [4.69, 9.17) is 9.47 Å². The highest BCUT2D eigenvalue weighted by molar-refractivity contribution is 5.43. The van der Waals surface area contributed by atoms with Gasteiger partial charge in [-0.1, -0.05) is 26.8 Å². The molecule has 0 aliphatic rings. The molecule has 21 heavy (non-hydrogen) atoms. The van der Waals surface area contributed by atoms with E-state index in [1.807, 2.05) is 32.0 Å². The van der Waals surface area contributed by atoms with Gasteiger partial charge in [0.25, 0.3) is 0 Å². The normalized spacial score (nSPS) is 15.3. The Kier molecular flexibility index (Phi) is 7.54. The molecule has 0 radical (unpaired) electrons. The highest BCUT2D eigenvalue weighted by Crippen LogP contribution is 2.32. The molecule has 0 aromatic heterocycles. The third-order valence-electron chi connectivity index (χ3n) is 3.68. The predicted octanol–water partition coefficient (Wildman–Crippen LogP) is 3.11. The summed E-state index contributed by atoms with van der Waals surface area (Å²) in [6.07, 6.45) is 0.657. The molecule has 0 aliphatic carbocycles. The molecule has 120 valence electrons. The van der Waals surface area contributed by atoms with E-state index in [9.17, 15) is 10.2 Å². The lowest BCUT2D eigenvalue weighted by atomic mass is 9.92. The molecule has 1 aromatic carbocycles. The van der Waals surface area contributed by atoms with Crippen molar-refractivity contribution >= 4 is 0 Å². The molecular formula is C17H28O4. The van der Waals surface area contributed by atoms with E-state index < -0.39 is 12.2 Å². The first kappa shape index (κ1) is 17.8. The minimum absolute atomic E-state index is 0.135. The Hall–Kier alpha value is -1.26. The van der Waals surface area contributed by atoms with Crippen LogP contribution in [0.5, 0.6) is 11.5 Å². The molecule has 0 saturated heterocycles. The molecule has 0 spiro atoms. The van der Waals surface area contributed by atoms with Crippen molar-refractivity contribution in [2.24, 2.45) is 0 Å². The summed E-state index contributed by atoms with van der Waals surface area (Å²) in [5.74, 6) is 1.58. The van der Waals surface area contributed by atoms with E-state index in [1.165, 1.54) is 0 Å². The number of benzene rings is 1. The molecule has 0 amide bonds. The summed E-state index contributed by atoms with van der Waals surface area (Å²) in [6.45, 7) is 6.62. The number of hydrogen-bond acceptors (Lipinski definition) is 4. The maximum atomic E-state index is 9.94. The van der Waals surface area contributed by atoms with Crippen LogP contribution in [0.25, 0.3) is 0 Å². The van der Waals surface area contributed by atoms with Crippen LogP contribution in [0.15, 0.2) is 18.2 Å². The van der Waals surface area contributed by atoms with E-state index in [1.54, 1.807) is 7.11 Å². The first-order chi connectivity index (χ1) is 10.0. The quantitative estimate of drug-likeness (QED) is 0.735. The SMILES string of the molecule is CCCOc1ccc(C(C)CC(O)C(O)CC)cc1OC. The van der Waals surface area contributed by atoms with Gasteiger partial charge in [-0.25, -0.2) is 0 Å². The van der Waals surface area contributed by atoms with Gasteiger partial charge in [0.1, 0.15) is 0 Å². The Morgan fingerprint density at radius 3 is 2.38 bits per heavy atom. The molecule has 0 heterocycles. The molecule has 0 saturated carbocycles. The highest BCUT2D eigenvalue weighted by Gasteiger charge is 2.19. The van der Waals surface area contributed by atoms with Crippen molar-refractivity contribution in [3.05, 3.63) is 23.8 Å². The Labute approximate surface area is 127 Å². The van der Waals surface area contributed by atoms with E-state index in [2.05, 4.69) is 6.92 Å². The third kappa shape index (κ3) is 5.21. The average Bonchev–Trinajstić information content (AvgIpc) is 2.51. The number of rotatable bonds is 9. The van der Waals surface area contributed by atoms with Gasteiger partial charge < -0.3 is 19.7 Å². The van der Waals surface area contributed by atoms with E-state index >= 15 is 0 Å². The first-order valence-corrected chi connectivity index (χ1v) is 7.70. The fourth-order valence-electron chi connectivity index (χ4n) is 2.25. The van der Waals surface area contributed by atoms with Crippen LogP contribution in [0, 0.1) is 0 Å². The van der Waals surface area contributed by atoms with Gasteiger partial charge in [0.15, 0.2) is 11.5 Å². The molecular weight excluding hydrogens is 268 g/mol. The van der Waals surface area contributed by atoms with E-state index in [-0.39, 0.29) is 5.92 Å². The molecule has 3 atom stereocenters. The van der Waals surface area contributed by atoms with Crippen LogP contribution in [0.4, 0.5) is 0 Å². The molecule has 1 aromatic rings. The molecule has 2 N–H and O–H groups in total. The van der Waals surface area contributed by atoms with Crippen molar-refractivity contribution in [2.75, 3.05) is 13.7 Å². The van der Waals surface area contributed by atoms with Crippen LogP contribution in [0.1, 0.15) is 51.5 Å². The second-order valence-electron chi connectivity index (χ2n) is 5.44. The Morgan fingerprint density at radius 1 is 1.10 bits per heavy atom. The monoisotopic (exact) mass is 296 g/mol. The number of aliphatic hydroxyl groups is 2. The molecule has 3 unspecified atom stereocenters. The number of aliphatic hydroxyl groups excluding tert-OH is 2. The topological polar surface area (TPSA) is 58.9 Å². The summed E-state index contributed by atoms with van der Waals surface area (Å²) in [7, 11) is 1.62. The Balaban J connectivity index is 2.78. The van der Waals surface area contributed by atoms with E-state index in [0.717, 1.165) is 17.7 Å². The molecule has 1 rings (SSSR count). The van der Waals surface area contributed by atoms with Crippen LogP contribution in [0.3, 0.4) is 0 Å². The molecule has 0 fully saturated rings. The Bertz CT molecular complexity index is 419. The molecule has 4 nitrogen and oxygen atoms in total. The van der Waals surface area contributed by atoms with Gasteiger partial charge in [0, 0.05) is 0 Å². The maximum absolute atomic E-state index is 9.94. The minimum atomic E-state index is -0.702. The fourth-order valence-corrected chi connectivity index (χ4v) is 2.25. The second-order valence-corrected chi connectivity index (χ2v) is 5.44. The van der Waals surface area contributed by atoms with Gasteiger partial charge >= 0.3 is 0 Å². The van der Waals surface area contributed by atoms with E-state index in [0.29, 0.717) is 25.2 Å². The van der Waals surface area contributed by atoms with Crippen molar-refractivity contribution in [3.63, 3.8) is 0 Å². The zero-order valence-corrected chi connectivity index (χ0v) is 13.5. The Morgan fingerprint density at radius 2 is 1.81 bits per heavy atom. The van der Waals surface area contributed by atoms with Gasteiger partial charge in [0.2, 0.25) is 0 Å². The number of ether oxygens (including phenoxy) is 2. The zero-order valence-electron chi connectivity index (χ0n) is 13.5. The first-order valence-electron chi connectivity index (χ1n) is 7.70. The van der Waals surface area contributed by atoms with Crippen molar-refractivity contribution < 1.29 is 19.7 Å². The minimum Gasteiger partial charge on any atom is -0.493 e. The number of hydrogen-bond donors (Lipinski definition) is 2. The summed E-state index contributed by atoms with van der Waals surface area (Å²) in [5.41, 5.74) is 1.07. The van der Waals surface area contributed by atoms with Crippen molar-refractivity contribution in [2.45, 2.75) is 58.2 Å². The zero-order chi connectivity index (χ0) is 15.8. The van der Waals surface area contributed by atoms with Gasteiger partial charge in [-0.15, -0.1) is 0 Å². The average molecular weight is 296 g/mol. The van der Waals surface area contributed by atoms with Crippen molar-refractivity contribution in [1.29, 1.82) is 0 Å². The highest BCUT2D eigenvalue weighted by atomic mass is 16.5. The lowest BCUT2D eigenvalue weighted by Crippen LogP contribution is -2.26. The van der Waals surface area contributed by atoms with Crippen molar-refractivity contribution in [1.82, 2.24) is 0 Å². The lowest BCUT2D eigenvalue weighted by Gasteiger charge is -2.21. The standard InChI is InChI=1S/C17H28O4/c1-5-9-21-16-8-7-13(11-17(16)20-4)12(3)10-15(19)14(18)6-2/h7-8,11-12,14-15,18-19H,5-6,9-10H2,1-4H3. The summed E-state index contributed by atoms with van der Waals surface area (Å²) in [5, 5.41) is 19.6. The predicted molar refractivity (Wildman–Crippen MR) is 84.1 cm³/mol. The maximum Gasteiger partial charge on any atom is 0.161 e. The lowest BCUT2D eigenvalue weighted by molar-refractivity contribution is 0.00952. The molecule has 4 heteroatoms.